The van der Waals surface area contributed by atoms with E-state index in [-0.39, 0.29) is 29.8 Å². The zero-order valence-electron chi connectivity index (χ0n) is 17.9. The highest BCUT2D eigenvalue weighted by molar-refractivity contribution is 6.21. The van der Waals surface area contributed by atoms with Crippen molar-refractivity contribution in [1.82, 2.24) is 15.1 Å². The molecule has 6 heteroatoms. The van der Waals surface area contributed by atoms with Crippen LogP contribution in [-0.4, -0.2) is 60.2 Å². The van der Waals surface area contributed by atoms with E-state index in [4.69, 9.17) is 0 Å². The van der Waals surface area contributed by atoms with Crippen LogP contribution in [-0.2, 0) is 4.79 Å². The Morgan fingerprint density at radius 2 is 1.72 bits per heavy atom. The quantitative estimate of drug-likeness (QED) is 0.565. The number of amides is 3. The van der Waals surface area contributed by atoms with E-state index >= 15 is 0 Å². The molecule has 1 aliphatic carbocycles. The Kier molecular flexibility index (Phi) is 6.73. The molecule has 0 bridgehead atoms. The summed E-state index contributed by atoms with van der Waals surface area (Å²) in [7, 11) is 4.20. The number of likely N-dealkylation sites (N-methyl/N-ethyl adjacent to an activating group) is 1. The summed E-state index contributed by atoms with van der Waals surface area (Å²) in [6, 6.07) is 5.32. The third-order valence-corrected chi connectivity index (χ3v) is 6.51. The monoisotopic (exact) mass is 399 g/mol. The summed E-state index contributed by atoms with van der Waals surface area (Å²) < 4.78 is 0. The Morgan fingerprint density at radius 1 is 1.07 bits per heavy atom. The molecule has 0 spiro atoms. The maximum atomic E-state index is 12.5. The molecule has 1 aromatic carbocycles. The van der Waals surface area contributed by atoms with Crippen molar-refractivity contribution in [3.05, 3.63) is 34.9 Å². The molecule has 1 heterocycles. The molecule has 6 nitrogen and oxygen atoms in total. The average Bonchev–Trinajstić information content (AvgIpc) is 2.86. The van der Waals surface area contributed by atoms with Crippen LogP contribution in [0.2, 0.25) is 0 Å². The molecule has 1 aliphatic heterocycles. The van der Waals surface area contributed by atoms with Gasteiger partial charge in [-0.2, -0.15) is 0 Å². The summed E-state index contributed by atoms with van der Waals surface area (Å²) in [5.41, 5.74) is 1.93. The van der Waals surface area contributed by atoms with Crippen molar-refractivity contribution in [1.29, 1.82) is 0 Å². The lowest BCUT2D eigenvalue weighted by Crippen LogP contribution is -2.52. The highest BCUT2D eigenvalue weighted by Crippen LogP contribution is 2.30. The van der Waals surface area contributed by atoms with Crippen molar-refractivity contribution < 1.29 is 14.4 Å². The molecule has 3 amide bonds. The first-order chi connectivity index (χ1) is 13.8. The van der Waals surface area contributed by atoms with Crippen LogP contribution in [0.15, 0.2) is 18.2 Å². The number of carbonyl (C=O) groups excluding carboxylic acids is 3. The fraction of sp³-hybridized carbons (Fsp3) is 0.609. The summed E-state index contributed by atoms with van der Waals surface area (Å²) in [6.07, 6.45) is 7.94. The predicted molar refractivity (Wildman–Crippen MR) is 113 cm³/mol. The molecular formula is C23H33N3O3. The maximum absolute atomic E-state index is 12.5. The van der Waals surface area contributed by atoms with Gasteiger partial charge in [-0.1, -0.05) is 37.3 Å². The van der Waals surface area contributed by atoms with Gasteiger partial charge in [0.25, 0.3) is 11.8 Å². The van der Waals surface area contributed by atoms with E-state index in [9.17, 15) is 14.4 Å². The number of carbonyl (C=O) groups is 3. The van der Waals surface area contributed by atoms with Crippen LogP contribution in [0.4, 0.5) is 0 Å². The second-order valence-corrected chi connectivity index (χ2v) is 8.72. The number of benzene rings is 1. The van der Waals surface area contributed by atoms with E-state index in [0.717, 1.165) is 18.4 Å². The number of imide groups is 1. The zero-order valence-corrected chi connectivity index (χ0v) is 17.9. The number of nitrogens with zero attached hydrogens (tertiary/aromatic N) is 2. The van der Waals surface area contributed by atoms with Gasteiger partial charge >= 0.3 is 0 Å². The van der Waals surface area contributed by atoms with E-state index in [1.54, 1.807) is 12.1 Å². The van der Waals surface area contributed by atoms with Crippen molar-refractivity contribution in [3.63, 3.8) is 0 Å². The van der Waals surface area contributed by atoms with Crippen LogP contribution in [0.25, 0.3) is 0 Å². The van der Waals surface area contributed by atoms with E-state index in [1.807, 2.05) is 13.0 Å². The van der Waals surface area contributed by atoms with Gasteiger partial charge in [0.1, 0.15) is 0 Å². The van der Waals surface area contributed by atoms with Crippen LogP contribution >= 0.6 is 0 Å². The lowest BCUT2D eigenvalue weighted by Gasteiger charge is -2.39. The first-order valence-electron chi connectivity index (χ1n) is 10.7. The van der Waals surface area contributed by atoms with Gasteiger partial charge in [-0.3, -0.25) is 19.3 Å². The molecule has 0 unspecified atom stereocenters. The Labute approximate surface area is 173 Å². The summed E-state index contributed by atoms with van der Waals surface area (Å²) in [4.78, 5) is 40.9. The summed E-state index contributed by atoms with van der Waals surface area (Å²) >= 11 is 0. The third kappa shape index (κ3) is 4.69. The predicted octanol–water partition coefficient (Wildman–Crippen LogP) is 3.14. The normalized spacial score (nSPS) is 18.7. The second kappa shape index (κ2) is 9.08. The molecule has 2 aliphatic rings. The van der Waals surface area contributed by atoms with Crippen LogP contribution in [0.1, 0.15) is 77.6 Å². The van der Waals surface area contributed by atoms with Gasteiger partial charge in [0.15, 0.2) is 0 Å². The molecule has 158 valence electrons. The van der Waals surface area contributed by atoms with E-state index < -0.39 is 0 Å². The second-order valence-electron chi connectivity index (χ2n) is 8.72. The molecule has 29 heavy (non-hydrogen) atoms. The number of nitrogens with one attached hydrogen (secondary N) is 1. The number of aryl methyl sites for hydroxylation is 1. The van der Waals surface area contributed by atoms with Crippen molar-refractivity contribution in [2.45, 2.75) is 63.8 Å². The Hall–Kier alpha value is -2.21. The largest absolute Gasteiger partial charge is 0.354 e. The summed E-state index contributed by atoms with van der Waals surface area (Å²) in [5, 5.41) is 3.11. The van der Waals surface area contributed by atoms with Crippen LogP contribution < -0.4 is 5.32 Å². The van der Waals surface area contributed by atoms with Crippen LogP contribution in [0.3, 0.4) is 0 Å². The fourth-order valence-electron chi connectivity index (χ4n) is 4.53. The molecule has 0 saturated heterocycles. The summed E-state index contributed by atoms with van der Waals surface area (Å²) in [6.45, 7) is 2.84. The topological polar surface area (TPSA) is 69.7 Å². The van der Waals surface area contributed by atoms with Crippen molar-refractivity contribution in [2.75, 3.05) is 27.2 Å². The van der Waals surface area contributed by atoms with Gasteiger partial charge < -0.3 is 10.2 Å². The highest BCUT2D eigenvalue weighted by Gasteiger charge is 2.35. The van der Waals surface area contributed by atoms with Gasteiger partial charge in [0.2, 0.25) is 5.91 Å². The Morgan fingerprint density at radius 3 is 2.38 bits per heavy atom. The van der Waals surface area contributed by atoms with Gasteiger partial charge in [-0.15, -0.1) is 0 Å². The Bertz CT molecular complexity index is 780. The molecular weight excluding hydrogens is 366 g/mol. The first kappa shape index (κ1) is 21.5. The SMILES string of the molecule is Cc1ccc2c(c1)C(=O)N(CCCC(=O)NCC1(N(C)C)CCCCCC1)C2=O. The number of hydrogen-bond donors (Lipinski definition) is 1. The molecule has 0 radical (unpaired) electrons. The molecule has 1 fully saturated rings. The minimum Gasteiger partial charge on any atom is -0.354 e. The minimum absolute atomic E-state index is 0.0112. The van der Waals surface area contributed by atoms with Gasteiger partial charge in [0, 0.05) is 25.0 Å². The zero-order chi connectivity index (χ0) is 21.0. The minimum atomic E-state index is -0.254. The summed E-state index contributed by atoms with van der Waals surface area (Å²) in [5.74, 6) is -0.516. The fourth-order valence-corrected chi connectivity index (χ4v) is 4.53. The highest BCUT2D eigenvalue weighted by atomic mass is 16.2. The van der Waals surface area contributed by atoms with Crippen LogP contribution in [0.5, 0.6) is 0 Å². The Balaban J connectivity index is 1.49. The van der Waals surface area contributed by atoms with E-state index in [0.29, 0.717) is 30.5 Å². The smallest absolute Gasteiger partial charge is 0.261 e. The molecule has 1 aromatic rings. The van der Waals surface area contributed by atoms with Gasteiger partial charge in [0.05, 0.1) is 11.1 Å². The average molecular weight is 400 g/mol. The lowest BCUT2D eigenvalue weighted by molar-refractivity contribution is -0.121. The van der Waals surface area contributed by atoms with Gasteiger partial charge in [-0.05, 0) is 52.4 Å². The maximum Gasteiger partial charge on any atom is 0.261 e. The van der Waals surface area contributed by atoms with Crippen LogP contribution in [0, 0.1) is 6.92 Å². The molecule has 0 atom stereocenters. The molecule has 1 N–H and O–H groups in total. The van der Waals surface area contributed by atoms with E-state index in [1.165, 1.54) is 30.6 Å². The van der Waals surface area contributed by atoms with Crippen molar-refractivity contribution in [3.8, 4) is 0 Å². The van der Waals surface area contributed by atoms with E-state index in [2.05, 4.69) is 24.3 Å². The lowest BCUT2D eigenvalue weighted by atomic mass is 9.88. The van der Waals surface area contributed by atoms with Crippen molar-refractivity contribution in [2.24, 2.45) is 0 Å². The number of fused-ring (bicyclic) bond motifs is 1. The number of rotatable bonds is 7. The number of hydrogen-bond acceptors (Lipinski definition) is 4. The third-order valence-electron chi connectivity index (χ3n) is 6.51. The van der Waals surface area contributed by atoms with Crippen molar-refractivity contribution >= 4 is 17.7 Å². The van der Waals surface area contributed by atoms with Gasteiger partial charge in [-0.25, -0.2) is 0 Å². The molecule has 3 rings (SSSR count). The molecule has 1 saturated carbocycles. The standard InChI is InChI=1S/C23H33N3O3/c1-17-10-11-18-19(15-17)22(29)26(21(18)28)14-8-9-20(27)24-16-23(25(2)3)12-6-4-5-7-13-23/h10-11,15H,4-9,12-14,16H2,1-3H3,(H,24,27). The first-order valence-corrected chi connectivity index (χ1v) is 10.7. The molecule has 0 aromatic heterocycles.